The Kier molecular flexibility index (Phi) is 7.04. The highest BCUT2D eigenvalue weighted by Gasteiger charge is 2.18. The monoisotopic (exact) mass is 409 g/mol. The maximum Gasteiger partial charge on any atom is 0.230 e. The van der Waals surface area contributed by atoms with Gasteiger partial charge in [0.1, 0.15) is 0 Å². The average Bonchev–Trinajstić information content (AvgIpc) is 3.16. The van der Waals surface area contributed by atoms with E-state index in [-0.39, 0.29) is 17.7 Å². The second kappa shape index (κ2) is 9.69. The molecule has 7 heteroatoms. The highest BCUT2D eigenvalue weighted by atomic mass is 32.2. The van der Waals surface area contributed by atoms with Crippen LogP contribution in [0.5, 0.6) is 0 Å². The number of tetrazole rings is 1. The highest BCUT2D eigenvalue weighted by Crippen LogP contribution is 2.23. The van der Waals surface area contributed by atoms with Crippen molar-refractivity contribution in [2.45, 2.75) is 45.3 Å². The molecule has 29 heavy (non-hydrogen) atoms. The number of carbonyl (C=O) groups excluding carboxylic acids is 1. The standard InChI is InChI=1S/C22H27N5OS/c1-15(2)12-19(18-8-6-5-7-9-18)23-21(28)14-29-22-24-25-26-27(22)20-13-16(3)10-11-17(20)4/h5-11,13,15,19H,12,14H2,1-4H3,(H,23,28)/t19-/m0/s1. The molecular weight excluding hydrogens is 382 g/mol. The van der Waals surface area contributed by atoms with Gasteiger partial charge in [-0.1, -0.05) is 68.1 Å². The quantitative estimate of drug-likeness (QED) is 0.562. The Hall–Kier alpha value is -2.67. The van der Waals surface area contributed by atoms with Crippen molar-refractivity contribution in [2.24, 2.45) is 5.92 Å². The van der Waals surface area contributed by atoms with Gasteiger partial charge in [0, 0.05) is 0 Å². The van der Waals surface area contributed by atoms with E-state index in [1.807, 2.05) is 44.2 Å². The van der Waals surface area contributed by atoms with E-state index < -0.39 is 0 Å². The van der Waals surface area contributed by atoms with Crippen LogP contribution in [0.4, 0.5) is 0 Å². The van der Waals surface area contributed by atoms with Crippen molar-refractivity contribution in [1.29, 1.82) is 0 Å². The predicted octanol–water partition coefficient (Wildman–Crippen LogP) is 4.27. The number of aromatic nitrogens is 4. The summed E-state index contributed by atoms with van der Waals surface area (Å²) in [5.41, 5.74) is 4.27. The zero-order valence-electron chi connectivity index (χ0n) is 17.3. The molecule has 1 aromatic heterocycles. The molecule has 1 atom stereocenters. The van der Waals surface area contributed by atoms with Gasteiger partial charge in [-0.2, -0.15) is 4.68 Å². The van der Waals surface area contributed by atoms with Gasteiger partial charge in [0.05, 0.1) is 17.5 Å². The van der Waals surface area contributed by atoms with Crippen LogP contribution >= 0.6 is 11.8 Å². The van der Waals surface area contributed by atoms with Crippen molar-refractivity contribution >= 4 is 17.7 Å². The maximum absolute atomic E-state index is 12.7. The molecule has 0 aliphatic rings. The summed E-state index contributed by atoms with van der Waals surface area (Å²) < 4.78 is 1.70. The van der Waals surface area contributed by atoms with Crippen molar-refractivity contribution in [3.8, 4) is 5.69 Å². The molecule has 6 nitrogen and oxygen atoms in total. The fraction of sp³-hybridized carbons (Fsp3) is 0.364. The Morgan fingerprint density at radius 1 is 1.14 bits per heavy atom. The number of aryl methyl sites for hydroxylation is 2. The zero-order chi connectivity index (χ0) is 20.8. The third-order valence-electron chi connectivity index (χ3n) is 4.61. The Labute approximate surface area is 176 Å². The maximum atomic E-state index is 12.7. The zero-order valence-corrected chi connectivity index (χ0v) is 18.1. The van der Waals surface area contributed by atoms with E-state index in [9.17, 15) is 4.79 Å². The first-order chi connectivity index (χ1) is 13.9. The van der Waals surface area contributed by atoms with Gasteiger partial charge in [-0.15, -0.1) is 5.10 Å². The SMILES string of the molecule is Cc1ccc(C)c(-n2nnnc2SCC(=O)N[C@@H](CC(C)C)c2ccccc2)c1. The minimum absolute atomic E-state index is 0.000637. The van der Waals surface area contributed by atoms with Crippen molar-refractivity contribution in [2.75, 3.05) is 5.75 Å². The molecular formula is C22H27N5OS. The number of benzene rings is 2. The lowest BCUT2D eigenvalue weighted by atomic mass is 9.97. The molecule has 0 fully saturated rings. The molecule has 0 saturated carbocycles. The van der Waals surface area contributed by atoms with E-state index in [0.29, 0.717) is 11.1 Å². The van der Waals surface area contributed by atoms with E-state index in [0.717, 1.165) is 28.8 Å². The van der Waals surface area contributed by atoms with Gasteiger partial charge in [-0.25, -0.2) is 0 Å². The summed E-state index contributed by atoms with van der Waals surface area (Å²) in [6.45, 7) is 8.38. The van der Waals surface area contributed by atoms with Crippen molar-refractivity contribution in [3.63, 3.8) is 0 Å². The molecule has 152 valence electrons. The summed E-state index contributed by atoms with van der Waals surface area (Å²) >= 11 is 1.34. The number of rotatable bonds is 8. The first-order valence-corrected chi connectivity index (χ1v) is 10.8. The topological polar surface area (TPSA) is 72.7 Å². The summed E-state index contributed by atoms with van der Waals surface area (Å²) in [5.74, 6) is 0.705. The summed E-state index contributed by atoms with van der Waals surface area (Å²) in [7, 11) is 0. The van der Waals surface area contributed by atoms with Crippen LogP contribution in [0.2, 0.25) is 0 Å². The first-order valence-electron chi connectivity index (χ1n) is 9.77. The summed E-state index contributed by atoms with van der Waals surface area (Å²) in [4.78, 5) is 12.7. The predicted molar refractivity (Wildman–Crippen MR) is 116 cm³/mol. The molecule has 1 N–H and O–H groups in total. The lowest BCUT2D eigenvalue weighted by Gasteiger charge is -2.21. The van der Waals surface area contributed by atoms with Crippen LogP contribution < -0.4 is 5.32 Å². The molecule has 0 unspecified atom stereocenters. The van der Waals surface area contributed by atoms with Gasteiger partial charge < -0.3 is 5.32 Å². The van der Waals surface area contributed by atoms with Gasteiger partial charge in [0.2, 0.25) is 11.1 Å². The molecule has 3 rings (SSSR count). The van der Waals surface area contributed by atoms with Crippen LogP contribution in [0.15, 0.2) is 53.7 Å². The molecule has 1 amide bonds. The van der Waals surface area contributed by atoms with Crippen molar-refractivity contribution < 1.29 is 4.79 Å². The van der Waals surface area contributed by atoms with Crippen LogP contribution in [0, 0.1) is 19.8 Å². The largest absolute Gasteiger partial charge is 0.349 e. The van der Waals surface area contributed by atoms with Crippen LogP contribution in [0.25, 0.3) is 5.69 Å². The lowest BCUT2D eigenvalue weighted by Crippen LogP contribution is -2.31. The molecule has 3 aromatic rings. The lowest BCUT2D eigenvalue weighted by molar-refractivity contribution is -0.119. The number of hydrogen-bond acceptors (Lipinski definition) is 5. The van der Waals surface area contributed by atoms with Crippen LogP contribution in [0.1, 0.15) is 43.0 Å². The van der Waals surface area contributed by atoms with Gasteiger partial charge in [-0.05, 0) is 59.4 Å². The van der Waals surface area contributed by atoms with Gasteiger partial charge in [-0.3, -0.25) is 4.79 Å². The summed E-state index contributed by atoms with van der Waals surface area (Å²) in [6.07, 6.45) is 0.890. The minimum Gasteiger partial charge on any atom is -0.349 e. The molecule has 0 saturated heterocycles. The fourth-order valence-electron chi connectivity index (χ4n) is 3.17. The Morgan fingerprint density at radius 3 is 2.62 bits per heavy atom. The number of thioether (sulfide) groups is 1. The molecule has 0 aliphatic heterocycles. The smallest absolute Gasteiger partial charge is 0.230 e. The third kappa shape index (κ3) is 5.67. The van der Waals surface area contributed by atoms with Crippen LogP contribution in [0.3, 0.4) is 0 Å². The molecule has 2 aromatic carbocycles. The highest BCUT2D eigenvalue weighted by molar-refractivity contribution is 7.99. The van der Waals surface area contributed by atoms with E-state index in [1.54, 1.807) is 4.68 Å². The fourth-order valence-corrected chi connectivity index (χ4v) is 3.86. The minimum atomic E-state index is -0.0278. The summed E-state index contributed by atoms with van der Waals surface area (Å²) in [6, 6.07) is 16.3. The van der Waals surface area contributed by atoms with Crippen LogP contribution in [-0.2, 0) is 4.79 Å². The number of hydrogen-bond donors (Lipinski definition) is 1. The second-order valence-corrected chi connectivity index (χ2v) is 8.55. The average molecular weight is 410 g/mol. The number of amides is 1. The normalized spacial score (nSPS) is 12.2. The number of nitrogens with one attached hydrogen (secondary N) is 1. The van der Waals surface area contributed by atoms with Crippen molar-refractivity contribution in [3.05, 3.63) is 65.2 Å². The molecule has 1 heterocycles. The Morgan fingerprint density at radius 2 is 1.90 bits per heavy atom. The Bertz CT molecular complexity index is 955. The second-order valence-electron chi connectivity index (χ2n) is 7.61. The van der Waals surface area contributed by atoms with Crippen LogP contribution in [-0.4, -0.2) is 31.9 Å². The molecule has 0 spiro atoms. The van der Waals surface area contributed by atoms with E-state index >= 15 is 0 Å². The Balaban J connectivity index is 1.68. The van der Waals surface area contributed by atoms with E-state index in [2.05, 4.69) is 52.9 Å². The van der Waals surface area contributed by atoms with Gasteiger partial charge in [0.25, 0.3) is 0 Å². The number of carbonyl (C=O) groups is 1. The van der Waals surface area contributed by atoms with Gasteiger partial charge in [0.15, 0.2) is 0 Å². The van der Waals surface area contributed by atoms with Crippen molar-refractivity contribution in [1.82, 2.24) is 25.5 Å². The molecule has 0 bridgehead atoms. The molecule has 0 aliphatic carbocycles. The van der Waals surface area contributed by atoms with Gasteiger partial charge >= 0.3 is 0 Å². The first kappa shape index (κ1) is 21.0. The number of nitrogens with zero attached hydrogens (tertiary/aromatic N) is 4. The van der Waals surface area contributed by atoms with E-state index in [4.69, 9.17) is 0 Å². The molecule has 0 radical (unpaired) electrons. The van der Waals surface area contributed by atoms with E-state index in [1.165, 1.54) is 11.8 Å². The third-order valence-corrected chi connectivity index (χ3v) is 5.53. The summed E-state index contributed by atoms with van der Waals surface area (Å²) in [5, 5.41) is 15.8.